The molecule has 1 aromatic rings. The quantitative estimate of drug-likeness (QED) is 0.763. The Balaban J connectivity index is 2.53. The van der Waals surface area contributed by atoms with Crippen molar-refractivity contribution in [2.24, 2.45) is 5.41 Å². The van der Waals surface area contributed by atoms with Crippen LogP contribution in [0, 0.1) is 5.41 Å². The molecule has 96 valence electrons. The number of anilines is 1. The van der Waals surface area contributed by atoms with Crippen LogP contribution in [-0.4, -0.2) is 29.0 Å². The highest BCUT2D eigenvalue weighted by molar-refractivity contribution is 6.18. The fourth-order valence-corrected chi connectivity index (χ4v) is 1.18. The van der Waals surface area contributed by atoms with Gasteiger partial charge in [0.15, 0.2) is 0 Å². The number of hydrogen-bond acceptors (Lipinski definition) is 4. The van der Waals surface area contributed by atoms with Gasteiger partial charge in [-0.1, -0.05) is 20.8 Å². The number of ether oxygens (including phenoxy) is 1. The molecule has 1 aromatic heterocycles. The largest absolute Gasteiger partial charge is 0.477 e. The van der Waals surface area contributed by atoms with Crippen molar-refractivity contribution in [1.82, 2.24) is 9.97 Å². The maximum absolute atomic E-state index is 5.86. The minimum Gasteiger partial charge on any atom is -0.477 e. The molecule has 0 aromatic carbocycles. The molecule has 1 heterocycles. The van der Waals surface area contributed by atoms with E-state index in [4.69, 9.17) is 16.3 Å². The highest BCUT2D eigenvalue weighted by atomic mass is 35.5. The summed E-state index contributed by atoms with van der Waals surface area (Å²) in [6.07, 6.45) is 4.26. The third-order valence-electron chi connectivity index (χ3n) is 2.18. The lowest BCUT2D eigenvalue weighted by Crippen LogP contribution is -2.25. The monoisotopic (exact) mass is 257 g/mol. The first-order valence-electron chi connectivity index (χ1n) is 5.82. The minimum absolute atomic E-state index is 0.0313. The number of alkyl halides is 1. The van der Waals surface area contributed by atoms with Crippen molar-refractivity contribution >= 4 is 17.4 Å². The molecule has 1 N–H and O–H groups in total. The molecule has 0 aliphatic carbocycles. The van der Waals surface area contributed by atoms with Gasteiger partial charge in [0.05, 0.1) is 19.0 Å². The summed E-state index contributed by atoms with van der Waals surface area (Å²) in [5.74, 6) is 1.87. The normalized spacial score (nSPS) is 11.3. The van der Waals surface area contributed by atoms with Gasteiger partial charge in [0, 0.05) is 12.4 Å². The molecule has 0 amide bonds. The molecule has 0 atom stereocenters. The first-order chi connectivity index (χ1) is 8.07. The van der Waals surface area contributed by atoms with Crippen LogP contribution in [0.4, 0.5) is 5.82 Å². The molecule has 0 radical (unpaired) electrons. The van der Waals surface area contributed by atoms with Crippen LogP contribution in [0.1, 0.15) is 27.2 Å². The van der Waals surface area contributed by atoms with Crippen molar-refractivity contribution in [3.05, 3.63) is 12.4 Å². The third-order valence-corrected chi connectivity index (χ3v) is 2.90. The number of rotatable bonds is 7. The van der Waals surface area contributed by atoms with Crippen molar-refractivity contribution in [2.75, 3.05) is 24.3 Å². The van der Waals surface area contributed by atoms with Crippen LogP contribution in [0.5, 0.6) is 5.88 Å². The van der Waals surface area contributed by atoms with Crippen molar-refractivity contribution in [2.45, 2.75) is 27.2 Å². The van der Waals surface area contributed by atoms with Crippen molar-refractivity contribution < 1.29 is 4.74 Å². The average Bonchev–Trinajstić information content (AvgIpc) is 2.35. The molecular formula is C12H20ClN3O. The van der Waals surface area contributed by atoms with Crippen LogP contribution < -0.4 is 10.1 Å². The summed E-state index contributed by atoms with van der Waals surface area (Å²) >= 11 is 5.86. The van der Waals surface area contributed by atoms with Gasteiger partial charge in [-0.25, -0.2) is 0 Å². The minimum atomic E-state index is 0.0313. The molecule has 0 unspecified atom stereocenters. The van der Waals surface area contributed by atoms with Gasteiger partial charge in [0.2, 0.25) is 5.88 Å². The van der Waals surface area contributed by atoms with E-state index in [9.17, 15) is 0 Å². The average molecular weight is 258 g/mol. The van der Waals surface area contributed by atoms with Crippen molar-refractivity contribution in [3.8, 4) is 5.88 Å². The predicted octanol–water partition coefficient (Wildman–Crippen LogP) is 2.94. The van der Waals surface area contributed by atoms with E-state index in [1.54, 1.807) is 12.4 Å². The highest BCUT2D eigenvalue weighted by Crippen LogP contribution is 2.18. The predicted molar refractivity (Wildman–Crippen MR) is 70.8 cm³/mol. The van der Waals surface area contributed by atoms with Gasteiger partial charge in [-0.15, -0.1) is 11.6 Å². The lowest BCUT2D eigenvalue weighted by atomic mass is 9.97. The molecule has 5 heteroatoms. The molecule has 0 saturated carbocycles. The Morgan fingerprint density at radius 1 is 1.41 bits per heavy atom. The SMILES string of the molecule is CCCOc1cncc(NCC(C)(C)CCl)n1. The van der Waals surface area contributed by atoms with E-state index in [0.717, 1.165) is 18.8 Å². The molecule has 0 fully saturated rings. The van der Waals surface area contributed by atoms with E-state index < -0.39 is 0 Å². The maximum Gasteiger partial charge on any atom is 0.234 e. The zero-order valence-corrected chi connectivity index (χ0v) is 11.4. The Labute approximate surface area is 108 Å². The number of nitrogens with zero attached hydrogens (tertiary/aromatic N) is 2. The van der Waals surface area contributed by atoms with Crippen LogP contribution in [0.25, 0.3) is 0 Å². The van der Waals surface area contributed by atoms with Crippen molar-refractivity contribution in [1.29, 1.82) is 0 Å². The number of halogens is 1. The number of nitrogens with one attached hydrogen (secondary N) is 1. The summed E-state index contributed by atoms with van der Waals surface area (Å²) in [4.78, 5) is 8.39. The Hall–Kier alpha value is -1.03. The number of aromatic nitrogens is 2. The Kier molecular flexibility index (Phi) is 5.48. The number of hydrogen-bond donors (Lipinski definition) is 1. The van der Waals surface area contributed by atoms with E-state index >= 15 is 0 Å². The van der Waals surface area contributed by atoms with Gasteiger partial charge in [0.25, 0.3) is 0 Å². The molecule has 1 rings (SSSR count). The standard InChI is InChI=1S/C12H20ClN3O/c1-4-5-17-11-7-14-6-10(16-11)15-9-12(2,3)8-13/h6-7H,4-5,8-9H2,1-3H3,(H,15,16). The maximum atomic E-state index is 5.86. The summed E-state index contributed by atoms with van der Waals surface area (Å²) in [6.45, 7) is 7.65. The second-order valence-electron chi connectivity index (χ2n) is 4.74. The van der Waals surface area contributed by atoms with Crippen LogP contribution in [0.2, 0.25) is 0 Å². The molecule has 0 aliphatic rings. The van der Waals surface area contributed by atoms with E-state index in [1.807, 2.05) is 0 Å². The molecule has 0 bridgehead atoms. The van der Waals surface area contributed by atoms with Gasteiger partial charge < -0.3 is 10.1 Å². The van der Waals surface area contributed by atoms with Crippen LogP contribution in [0.3, 0.4) is 0 Å². The van der Waals surface area contributed by atoms with Crippen molar-refractivity contribution in [3.63, 3.8) is 0 Å². The fourth-order valence-electron chi connectivity index (χ4n) is 1.09. The molecule has 0 aliphatic heterocycles. The zero-order valence-electron chi connectivity index (χ0n) is 10.7. The molecule has 4 nitrogen and oxygen atoms in total. The molecule has 0 spiro atoms. The summed E-state index contributed by atoms with van der Waals surface area (Å²) in [7, 11) is 0. The third kappa shape index (κ3) is 5.22. The Bertz CT molecular complexity index is 344. The van der Waals surface area contributed by atoms with Gasteiger partial charge in [-0.05, 0) is 11.8 Å². The molecule has 0 saturated heterocycles. The Morgan fingerprint density at radius 3 is 2.82 bits per heavy atom. The zero-order chi connectivity index (χ0) is 12.7. The van der Waals surface area contributed by atoms with E-state index in [0.29, 0.717) is 18.4 Å². The molecular weight excluding hydrogens is 238 g/mol. The summed E-state index contributed by atoms with van der Waals surface area (Å²) in [6, 6.07) is 0. The lowest BCUT2D eigenvalue weighted by molar-refractivity contribution is 0.304. The van der Waals surface area contributed by atoms with Gasteiger partial charge in [-0.2, -0.15) is 4.98 Å². The smallest absolute Gasteiger partial charge is 0.234 e. The topological polar surface area (TPSA) is 47.0 Å². The lowest BCUT2D eigenvalue weighted by Gasteiger charge is -2.21. The second kappa shape index (κ2) is 6.64. The van der Waals surface area contributed by atoms with Crippen LogP contribution >= 0.6 is 11.6 Å². The van der Waals surface area contributed by atoms with Crippen LogP contribution in [0.15, 0.2) is 12.4 Å². The van der Waals surface area contributed by atoms with E-state index in [1.165, 1.54) is 0 Å². The van der Waals surface area contributed by atoms with Crippen LogP contribution in [-0.2, 0) is 0 Å². The summed E-state index contributed by atoms with van der Waals surface area (Å²) < 4.78 is 5.41. The van der Waals surface area contributed by atoms with E-state index in [-0.39, 0.29) is 5.41 Å². The summed E-state index contributed by atoms with van der Waals surface area (Å²) in [5.41, 5.74) is 0.0313. The van der Waals surface area contributed by atoms with Gasteiger partial charge in [-0.3, -0.25) is 4.98 Å². The first-order valence-corrected chi connectivity index (χ1v) is 6.35. The first kappa shape index (κ1) is 14.0. The van der Waals surface area contributed by atoms with Gasteiger partial charge >= 0.3 is 0 Å². The second-order valence-corrected chi connectivity index (χ2v) is 5.01. The highest BCUT2D eigenvalue weighted by Gasteiger charge is 2.16. The van der Waals surface area contributed by atoms with E-state index in [2.05, 4.69) is 36.1 Å². The van der Waals surface area contributed by atoms with Gasteiger partial charge in [0.1, 0.15) is 5.82 Å². The fraction of sp³-hybridized carbons (Fsp3) is 0.667. The Morgan fingerprint density at radius 2 is 2.18 bits per heavy atom. The molecule has 17 heavy (non-hydrogen) atoms. The summed E-state index contributed by atoms with van der Waals surface area (Å²) in [5, 5.41) is 3.21.